The summed E-state index contributed by atoms with van der Waals surface area (Å²) in [6, 6.07) is 14.8. The van der Waals surface area contributed by atoms with E-state index in [9.17, 15) is 4.79 Å². The van der Waals surface area contributed by atoms with Gasteiger partial charge in [0.1, 0.15) is 5.01 Å². The molecule has 0 bridgehead atoms. The fourth-order valence-corrected chi connectivity index (χ4v) is 4.70. The first-order valence-electron chi connectivity index (χ1n) is 9.60. The van der Waals surface area contributed by atoms with Gasteiger partial charge in [-0.1, -0.05) is 12.5 Å². The highest BCUT2D eigenvalue weighted by atomic mass is 32.1. The number of amides is 1. The summed E-state index contributed by atoms with van der Waals surface area (Å²) in [5, 5.41) is 4.03. The number of thiazole rings is 1. The Morgan fingerprint density at radius 2 is 2.04 bits per heavy atom. The molecule has 1 aliphatic rings. The molecule has 1 saturated heterocycles. The average molecular weight is 380 g/mol. The Balaban J connectivity index is 1.42. The van der Waals surface area contributed by atoms with E-state index >= 15 is 0 Å². The first-order valence-corrected chi connectivity index (χ1v) is 10.4. The summed E-state index contributed by atoms with van der Waals surface area (Å²) in [5.74, 6) is 0.0620. The van der Waals surface area contributed by atoms with Crippen molar-refractivity contribution in [3.8, 4) is 10.6 Å². The van der Waals surface area contributed by atoms with Gasteiger partial charge in [0.05, 0.1) is 16.8 Å². The molecule has 1 atom stereocenters. The second-order valence-electron chi connectivity index (χ2n) is 7.43. The zero-order valence-electron chi connectivity index (χ0n) is 15.9. The molecule has 1 N–H and O–H groups in total. The van der Waals surface area contributed by atoms with Crippen LogP contribution in [0.25, 0.3) is 20.8 Å². The number of carbonyl (C=O) groups is 1. The van der Waals surface area contributed by atoms with Gasteiger partial charge in [-0.25, -0.2) is 4.98 Å². The van der Waals surface area contributed by atoms with Gasteiger partial charge < -0.3 is 5.32 Å². The van der Waals surface area contributed by atoms with Gasteiger partial charge in [0.15, 0.2) is 0 Å². The van der Waals surface area contributed by atoms with Crippen molar-refractivity contribution in [2.45, 2.75) is 39.2 Å². The normalized spacial score (nSPS) is 17.9. The number of carbonyl (C=O) groups excluding carboxylic acids is 1. The Hall–Kier alpha value is -2.24. The van der Waals surface area contributed by atoms with Crippen LogP contribution in [0.1, 0.15) is 31.7 Å². The van der Waals surface area contributed by atoms with Gasteiger partial charge in [0.2, 0.25) is 5.91 Å². The molecule has 1 aromatic heterocycles. The van der Waals surface area contributed by atoms with Crippen molar-refractivity contribution < 1.29 is 4.79 Å². The van der Waals surface area contributed by atoms with Crippen LogP contribution in [0.15, 0.2) is 42.5 Å². The van der Waals surface area contributed by atoms with Crippen molar-refractivity contribution >= 4 is 33.1 Å². The number of nitrogens with one attached hydrogen (secondary N) is 1. The van der Waals surface area contributed by atoms with E-state index in [1.165, 1.54) is 29.5 Å². The zero-order valence-corrected chi connectivity index (χ0v) is 16.7. The summed E-state index contributed by atoms with van der Waals surface area (Å²) < 4.78 is 1.21. The Kier molecular flexibility index (Phi) is 5.23. The lowest BCUT2D eigenvalue weighted by molar-refractivity contribution is -0.118. The minimum absolute atomic E-state index is 0.0620. The van der Waals surface area contributed by atoms with E-state index in [0.717, 1.165) is 28.3 Å². The minimum Gasteiger partial charge on any atom is -0.325 e. The van der Waals surface area contributed by atoms with Crippen LogP contribution in [-0.2, 0) is 4.79 Å². The standard InChI is InChI=1S/C22H25N3OS/c1-15-6-11-19-20(13-15)27-22(24-19)17-7-9-18(10-8-17)23-21(26)14-25-12-4-3-5-16(25)2/h6-11,13,16H,3-5,12,14H2,1-2H3,(H,23,26)/t16-/m1/s1. The maximum Gasteiger partial charge on any atom is 0.238 e. The first kappa shape index (κ1) is 18.1. The Morgan fingerprint density at radius 1 is 1.22 bits per heavy atom. The number of aromatic nitrogens is 1. The van der Waals surface area contributed by atoms with Gasteiger partial charge >= 0.3 is 0 Å². The van der Waals surface area contributed by atoms with E-state index in [-0.39, 0.29) is 5.91 Å². The smallest absolute Gasteiger partial charge is 0.238 e. The maximum absolute atomic E-state index is 12.4. The summed E-state index contributed by atoms with van der Waals surface area (Å²) >= 11 is 1.70. The number of nitrogens with zero attached hydrogens (tertiary/aromatic N) is 2. The minimum atomic E-state index is 0.0620. The number of fused-ring (bicyclic) bond motifs is 1. The highest BCUT2D eigenvalue weighted by molar-refractivity contribution is 7.21. The topological polar surface area (TPSA) is 45.2 Å². The van der Waals surface area contributed by atoms with Gasteiger partial charge in [-0.3, -0.25) is 9.69 Å². The molecule has 2 aromatic carbocycles. The highest BCUT2D eigenvalue weighted by Crippen LogP contribution is 2.31. The molecule has 140 valence electrons. The van der Waals surface area contributed by atoms with Crippen molar-refractivity contribution in [2.24, 2.45) is 0 Å². The summed E-state index contributed by atoms with van der Waals surface area (Å²) in [5.41, 5.74) is 4.20. The molecule has 5 heteroatoms. The molecule has 0 saturated carbocycles. The molecular weight excluding hydrogens is 354 g/mol. The van der Waals surface area contributed by atoms with Gasteiger partial charge in [0.25, 0.3) is 0 Å². The summed E-state index contributed by atoms with van der Waals surface area (Å²) in [6.45, 7) is 5.80. The molecule has 2 heterocycles. The van der Waals surface area contributed by atoms with E-state index in [2.05, 4.69) is 42.3 Å². The Morgan fingerprint density at radius 3 is 2.81 bits per heavy atom. The van der Waals surface area contributed by atoms with Crippen LogP contribution in [0.4, 0.5) is 5.69 Å². The molecule has 27 heavy (non-hydrogen) atoms. The van der Waals surface area contributed by atoms with E-state index in [1.54, 1.807) is 11.3 Å². The van der Waals surface area contributed by atoms with Crippen LogP contribution in [0.5, 0.6) is 0 Å². The van der Waals surface area contributed by atoms with Gasteiger partial charge in [-0.05, 0) is 75.2 Å². The van der Waals surface area contributed by atoms with E-state index in [4.69, 9.17) is 4.98 Å². The van der Waals surface area contributed by atoms with Crippen molar-refractivity contribution in [1.29, 1.82) is 0 Å². The number of piperidine rings is 1. The van der Waals surface area contributed by atoms with Crippen molar-refractivity contribution in [1.82, 2.24) is 9.88 Å². The van der Waals surface area contributed by atoms with Crippen LogP contribution >= 0.6 is 11.3 Å². The monoisotopic (exact) mass is 379 g/mol. The van der Waals surface area contributed by atoms with Crippen LogP contribution in [0.3, 0.4) is 0 Å². The average Bonchev–Trinajstić information content (AvgIpc) is 3.07. The quantitative estimate of drug-likeness (QED) is 0.687. The first-order chi connectivity index (χ1) is 13.1. The van der Waals surface area contributed by atoms with Crippen LogP contribution in [0, 0.1) is 6.92 Å². The SMILES string of the molecule is Cc1ccc2nc(-c3ccc(NC(=O)CN4CCCC[C@H]4C)cc3)sc2c1. The predicted molar refractivity (Wildman–Crippen MR) is 113 cm³/mol. The van der Waals surface area contributed by atoms with Crippen LogP contribution < -0.4 is 5.32 Å². The third-order valence-corrected chi connectivity index (χ3v) is 6.31. The largest absolute Gasteiger partial charge is 0.325 e. The number of hydrogen-bond acceptors (Lipinski definition) is 4. The lowest BCUT2D eigenvalue weighted by Crippen LogP contribution is -2.42. The summed E-state index contributed by atoms with van der Waals surface area (Å²) in [6.07, 6.45) is 3.64. The maximum atomic E-state index is 12.4. The molecular formula is C22H25N3OS. The molecule has 0 spiro atoms. The van der Waals surface area contributed by atoms with Crippen molar-refractivity contribution in [3.63, 3.8) is 0 Å². The second-order valence-corrected chi connectivity index (χ2v) is 8.46. The van der Waals surface area contributed by atoms with Crippen LogP contribution in [-0.4, -0.2) is 34.9 Å². The number of hydrogen-bond donors (Lipinski definition) is 1. The fraction of sp³-hybridized carbons (Fsp3) is 0.364. The molecule has 0 unspecified atom stereocenters. The summed E-state index contributed by atoms with van der Waals surface area (Å²) in [7, 11) is 0. The van der Waals surface area contributed by atoms with Gasteiger partial charge in [-0.15, -0.1) is 11.3 Å². The van der Waals surface area contributed by atoms with Crippen LogP contribution in [0.2, 0.25) is 0 Å². The molecule has 0 radical (unpaired) electrons. The lowest BCUT2D eigenvalue weighted by Gasteiger charge is -2.32. The van der Waals surface area contributed by atoms with Gasteiger partial charge in [-0.2, -0.15) is 0 Å². The van der Waals surface area contributed by atoms with Crippen molar-refractivity contribution in [3.05, 3.63) is 48.0 Å². The molecule has 1 aliphatic heterocycles. The Labute approximate surface area is 164 Å². The number of likely N-dealkylation sites (tertiary alicyclic amines) is 1. The van der Waals surface area contributed by atoms with E-state index < -0.39 is 0 Å². The molecule has 1 amide bonds. The number of benzene rings is 2. The zero-order chi connectivity index (χ0) is 18.8. The fourth-order valence-electron chi connectivity index (χ4n) is 3.63. The molecule has 3 aromatic rings. The highest BCUT2D eigenvalue weighted by Gasteiger charge is 2.20. The summed E-state index contributed by atoms with van der Waals surface area (Å²) in [4.78, 5) is 19.4. The van der Waals surface area contributed by atoms with Gasteiger partial charge in [0, 0.05) is 17.3 Å². The van der Waals surface area contributed by atoms with E-state index in [0.29, 0.717) is 12.6 Å². The van der Waals surface area contributed by atoms with E-state index in [1.807, 2.05) is 24.3 Å². The number of rotatable bonds is 4. The third-order valence-electron chi connectivity index (χ3n) is 5.25. The molecule has 4 rings (SSSR count). The number of anilines is 1. The predicted octanol–water partition coefficient (Wildman–Crippen LogP) is 5.08. The second kappa shape index (κ2) is 7.79. The molecule has 4 nitrogen and oxygen atoms in total. The Bertz CT molecular complexity index is 948. The lowest BCUT2D eigenvalue weighted by atomic mass is 10.0. The molecule has 1 fully saturated rings. The third kappa shape index (κ3) is 4.20. The number of aryl methyl sites for hydroxylation is 1. The molecule has 0 aliphatic carbocycles. The van der Waals surface area contributed by atoms with Crippen molar-refractivity contribution in [2.75, 3.05) is 18.4 Å².